The number of carbonyl (C=O) groups excluding carboxylic acids is 2. The van der Waals surface area contributed by atoms with Gasteiger partial charge in [-0.3, -0.25) is 9.59 Å². The lowest BCUT2D eigenvalue weighted by Crippen LogP contribution is -2.45. The molecule has 0 bridgehead atoms. The average Bonchev–Trinajstić information content (AvgIpc) is 3.34. The van der Waals surface area contributed by atoms with E-state index in [1.54, 1.807) is 19.1 Å². The van der Waals surface area contributed by atoms with Gasteiger partial charge in [0, 0.05) is 25.1 Å². The molecule has 2 aromatic carbocycles. The van der Waals surface area contributed by atoms with Crippen LogP contribution in [0.5, 0.6) is 5.75 Å². The van der Waals surface area contributed by atoms with Crippen LogP contribution in [0.4, 0.5) is 0 Å². The largest absolute Gasteiger partial charge is 0.497 e. The Bertz CT molecular complexity index is 1030. The molecule has 0 aliphatic carbocycles. The van der Waals surface area contributed by atoms with E-state index in [4.69, 9.17) is 9.47 Å². The number of amides is 2. The van der Waals surface area contributed by atoms with Gasteiger partial charge in [0.1, 0.15) is 11.8 Å². The molecule has 1 unspecified atom stereocenters. The highest BCUT2D eigenvalue weighted by Gasteiger charge is 2.32. The number of aryl methyl sites for hydroxylation is 1. The lowest BCUT2D eigenvalue weighted by molar-refractivity contribution is -0.141. The van der Waals surface area contributed by atoms with E-state index in [0.29, 0.717) is 19.7 Å². The Labute approximate surface area is 199 Å². The number of ether oxygens (including phenoxy) is 2. The highest BCUT2D eigenvalue weighted by Crippen LogP contribution is 2.26. The standard InChI is InChI=1S/C26H30N2O4S/c1-19-7-4-5-9-23(19)25(26(30)27-18-20-10-12-21(32-3)13-11-20)28(14-15-31-2)24(29)17-22-8-6-16-33-22/h4-13,16,25H,14-15,17-18H2,1-3H3,(H,27,30). The summed E-state index contributed by atoms with van der Waals surface area (Å²) in [6.45, 7) is 2.96. The third-order valence-corrected chi connectivity index (χ3v) is 6.31. The van der Waals surface area contributed by atoms with Crippen LogP contribution in [-0.2, 0) is 27.3 Å². The van der Waals surface area contributed by atoms with Crippen LogP contribution in [-0.4, -0.2) is 44.1 Å². The number of nitrogens with zero attached hydrogens (tertiary/aromatic N) is 1. The van der Waals surface area contributed by atoms with Crippen LogP contribution in [0.1, 0.15) is 27.6 Å². The third kappa shape index (κ3) is 6.66. The van der Waals surface area contributed by atoms with Gasteiger partial charge < -0.3 is 19.7 Å². The predicted molar refractivity (Wildman–Crippen MR) is 130 cm³/mol. The van der Waals surface area contributed by atoms with Gasteiger partial charge in [0.25, 0.3) is 0 Å². The number of thiophene rings is 1. The maximum atomic E-state index is 13.5. The maximum absolute atomic E-state index is 13.5. The van der Waals surface area contributed by atoms with Gasteiger partial charge >= 0.3 is 0 Å². The first kappa shape index (κ1) is 24.5. The van der Waals surface area contributed by atoms with E-state index in [9.17, 15) is 9.59 Å². The summed E-state index contributed by atoms with van der Waals surface area (Å²) >= 11 is 1.53. The zero-order valence-corrected chi connectivity index (χ0v) is 20.1. The topological polar surface area (TPSA) is 67.9 Å². The SMILES string of the molecule is COCCN(C(=O)Cc1cccs1)C(C(=O)NCc1ccc(OC)cc1)c1ccccc1C. The molecule has 7 heteroatoms. The van der Waals surface area contributed by atoms with Crippen LogP contribution in [0, 0.1) is 6.92 Å². The second-order valence-corrected chi connectivity index (χ2v) is 8.69. The summed E-state index contributed by atoms with van der Waals surface area (Å²) in [5, 5.41) is 4.97. The number of hydrogen-bond donors (Lipinski definition) is 1. The van der Waals surface area contributed by atoms with Crippen molar-refractivity contribution in [3.8, 4) is 5.75 Å². The van der Waals surface area contributed by atoms with Crippen LogP contribution in [0.3, 0.4) is 0 Å². The number of nitrogens with one attached hydrogen (secondary N) is 1. The quantitative estimate of drug-likeness (QED) is 0.461. The molecule has 0 radical (unpaired) electrons. The fourth-order valence-corrected chi connectivity index (χ4v) is 4.32. The van der Waals surface area contributed by atoms with E-state index < -0.39 is 6.04 Å². The van der Waals surface area contributed by atoms with E-state index >= 15 is 0 Å². The summed E-state index contributed by atoms with van der Waals surface area (Å²) < 4.78 is 10.5. The molecule has 0 saturated heterocycles. The summed E-state index contributed by atoms with van der Waals surface area (Å²) in [7, 11) is 3.21. The van der Waals surface area contributed by atoms with Crippen molar-refractivity contribution in [3.05, 3.63) is 87.6 Å². The Hall–Kier alpha value is -3.16. The van der Waals surface area contributed by atoms with Crippen molar-refractivity contribution in [2.75, 3.05) is 27.4 Å². The molecule has 0 aliphatic heterocycles. The van der Waals surface area contributed by atoms with Gasteiger partial charge in [-0.1, -0.05) is 42.5 Å². The molecule has 0 spiro atoms. The van der Waals surface area contributed by atoms with Crippen molar-refractivity contribution in [2.24, 2.45) is 0 Å². The molecule has 6 nitrogen and oxygen atoms in total. The summed E-state index contributed by atoms with van der Waals surface area (Å²) in [5.41, 5.74) is 2.70. The summed E-state index contributed by atoms with van der Waals surface area (Å²) in [6.07, 6.45) is 0.246. The van der Waals surface area contributed by atoms with Crippen molar-refractivity contribution < 1.29 is 19.1 Å². The molecule has 174 valence electrons. The zero-order chi connectivity index (χ0) is 23.6. The smallest absolute Gasteiger partial charge is 0.247 e. The fraction of sp³-hybridized carbons (Fsp3) is 0.308. The second-order valence-electron chi connectivity index (χ2n) is 7.66. The van der Waals surface area contributed by atoms with Gasteiger partial charge in [0.05, 0.1) is 20.1 Å². The number of methoxy groups -OCH3 is 2. The van der Waals surface area contributed by atoms with E-state index in [1.165, 1.54) is 11.3 Å². The average molecular weight is 467 g/mol. The van der Waals surface area contributed by atoms with Gasteiger partial charge in [-0.15, -0.1) is 11.3 Å². The lowest BCUT2D eigenvalue weighted by Gasteiger charge is -2.32. The Morgan fingerprint density at radius 1 is 1.03 bits per heavy atom. The van der Waals surface area contributed by atoms with Gasteiger partial charge in [0.15, 0.2) is 0 Å². The van der Waals surface area contributed by atoms with E-state index in [2.05, 4.69) is 5.32 Å². The van der Waals surface area contributed by atoms with Crippen LogP contribution in [0.15, 0.2) is 66.0 Å². The van der Waals surface area contributed by atoms with Crippen molar-refractivity contribution in [1.29, 1.82) is 0 Å². The normalized spacial score (nSPS) is 11.6. The van der Waals surface area contributed by atoms with Crippen LogP contribution < -0.4 is 10.1 Å². The molecule has 33 heavy (non-hydrogen) atoms. The summed E-state index contributed by atoms with van der Waals surface area (Å²) in [5.74, 6) is 0.422. The van der Waals surface area contributed by atoms with Crippen molar-refractivity contribution in [3.63, 3.8) is 0 Å². The zero-order valence-electron chi connectivity index (χ0n) is 19.2. The summed E-state index contributed by atoms with van der Waals surface area (Å²) in [4.78, 5) is 29.5. The Morgan fingerprint density at radius 2 is 1.79 bits per heavy atom. The number of hydrogen-bond acceptors (Lipinski definition) is 5. The molecule has 2 amide bonds. The lowest BCUT2D eigenvalue weighted by atomic mass is 9.98. The minimum absolute atomic E-state index is 0.109. The van der Waals surface area contributed by atoms with Crippen molar-refractivity contribution >= 4 is 23.2 Å². The van der Waals surface area contributed by atoms with Gasteiger partial charge in [-0.2, -0.15) is 0 Å². The third-order valence-electron chi connectivity index (χ3n) is 5.43. The highest BCUT2D eigenvalue weighted by atomic mass is 32.1. The molecular weight excluding hydrogens is 436 g/mol. The minimum Gasteiger partial charge on any atom is -0.497 e. The first-order valence-electron chi connectivity index (χ1n) is 10.8. The van der Waals surface area contributed by atoms with Gasteiger partial charge in [-0.05, 0) is 47.2 Å². The van der Waals surface area contributed by atoms with Crippen LogP contribution in [0.25, 0.3) is 0 Å². The number of rotatable bonds is 11. The van der Waals surface area contributed by atoms with Crippen molar-refractivity contribution in [2.45, 2.75) is 25.9 Å². The molecule has 3 rings (SSSR count). The molecule has 1 aromatic heterocycles. The van der Waals surface area contributed by atoms with Gasteiger partial charge in [0.2, 0.25) is 11.8 Å². The first-order valence-corrected chi connectivity index (χ1v) is 11.7. The Kier molecular flexibility index (Phi) is 9.04. The second kappa shape index (κ2) is 12.2. The number of carbonyl (C=O) groups is 2. The van der Waals surface area contributed by atoms with Crippen LogP contribution >= 0.6 is 11.3 Å². The molecular formula is C26H30N2O4S. The molecule has 0 fully saturated rings. The fourth-order valence-electron chi connectivity index (χ4n) is 3.62. The van der Waals surface area contributed by atoms with Gasteiger partial charge in [-0.25, -0.2) is 0 Å². The maximum Gasteiger partial charge on any atom is 0.247 e. The molecule has 0 aliphatic rings. The van der Waals surface area contributed by atoms with Crippen LogP contribution in [0.2, 0.25) is 0 Å². The van der Waals surface area contributed by atoms with E-state index in [0.717, 1.165) is 27.3 Å². The monoisotopic (exact) mass is 466 g/mol. The molecule has 0 saturated carbocycles. The molecule has 1 atom stereocenters. The van der Waals surface area contributed by atoms with E-state index in [1.807, 2.05) is 73.0 Å². The minimum atomic E-state index is -0.757. The Balaban J connectivity index is 1.87. The molecule has 1 N–H and O–H groups in total. The molecule has 3 aromatic rings. The van der Waals surface area contributed by atoms with E-state index in [-0.39, 0.29) is 18.2 Å². The molecule has 1 heterocycles. The van der Waals surface area contributed by atoms with Crippen molar-refractivity contribution in [1.82, 2.24) is 10.2 Å². The highest BCUT2D eigenvalue weighted by molar-refractivity contribution is 7.10. The summed E-state index contributed by atoms with van der Waals surface area (Å²) in [6, 6.07) is 18.3. The predicted octanol–water partition coefficient (Wildman–Crippen LogP) is 4.14. The first-order chi connectivity index (χ1) is 16.0. The Morgan fingerprint density at radius 3 is 2.42 bits per heavy atom. The number of benzene rings is 2.